The third-order valence-corrected chi connectivity index (χ3v) is 8.09. The minimum absolute atomic E-state index is 0.220. The van der Waals surface area contributed by atoms with E-state index in [4.69, 9.17) is 4.98 Å². The zero-order valence-corrected chi connectivity index (χ0v) is 21.3. The summed E-state index contributed by atoms with van der Waals surface area (Å²) in [5.74, 6) is -0.220. The summed E-state index contributed by atoms with van der Waals surface area (Å²) in [6, 6.07) is 45.1. The quantitative estimate of drug-likeness (QED) is 0.231. The summed E-state index contributed by atoms with van der Waals surface area (Å²) >= 11 is 1.74. The van der Waals surface area contributed by atoms with E-state index in [-0.39, 0.29) is 5.82 Å². The molecule has 0 aliphatic heterocycles. The highest BCUT2D eigenvalue weighted by Crippen LogP contribution is 2.39. The van der Waals surface area contributed by atoms with Gasteiger partial charge in [-0.15, -0.1) is 11.3 Å². The largest absolute Gasteiger partial charge is 0.236 e. The topological polar surface area (TPSA) is 12.9 Å². The number of thiazole rings is 1. The number of halogens is 1. The minimum atomic E-state index is -0.220. The lowest BCUT2D eigenvalue weighted by atomic mass is 9.93. The van der Waals surface area contributed by atoms with Gasteiger partial charge in [-0.05, 0) is 74.5 Å². The van der Waals surface area contributed by atoms with Crippen LogP contribution in [0, 0.1) is 5.82 Å². The molecule has 1 heterocycles. The van der Waals surface area contributed by atoms with Gasteiger partial charge in [0.05, 0.1) is 10.2 Å². The van der Waals surface area contributed by atoms with Gasteiger partial charge in [-0.3, -0.25) is 0 Å². The maximum absolute atomic E-state index is 13.3. The van der Waals surface area contributed by atoms with E-state index in [9.17, 15) is 4.39 Å². The van der Waals surface area contributed by atoms with Crippen molar-refractivity contribution in [1.82, 2.24) is 4.98 Å². The second-order valence-corrected chi connectivity index (χ2v) is 10.4. The number of benzene rings is 6. The predicted molar refractivity (Wildman–Crippen MR) is 159 cm³/mol. The van der Waals surface area contributed by atoms with E-state index in [1.165, 1.54) is 38.7 Å². The van der Waals surface area contributed by atoms with Crippen LogP contribution in [0.3, 0.4) is 0 Å². The number of nitrogens with zero attached hydrogens (tertiary/aromatic N) is 1. The van der Waals surface area contributed by atoms with Crippen LogP contribution in [0.5, 0.6) is 0 Å². The van der Waals surface area contributed by atoms with Gasteiger partial charge < -0.3 is 0 Å². The Hall–Kier alpha value is -4.60. The molecule has 7 aromatic rings. The molecule has 3 heteroatoms. The molecule has 7 rings (SSSR count). The fourth-order valence-electron chi connectivity index (χ4n) is 5.09. The smallest absolute Gasteiger partial charge is 0.125 e. The molecule has 180 valence electrons. The zero-order valence-electron chi connectivity index (χ0n) is 20.4. The van der Waals surface area contributed by atoms with Gasteiger partial charge >= 0.3 is 0 Å². The summed E-state index contributed by atoms with van der Waals surface area (Å²) in [5.41, 5.74) is 8.97. The van der Waals surface area contributed by atoms with E-state index in [1.807, 2.05) is 18.2 Å². The zero-order chi connectivity index (χ0) is 25.5. The van der Waals surface area contributed by atoms with Gasteiger partial charge in [0.25, 0.3) is 0 Å². The lowest BCUT2D eigenvalue weighted by Gasteiger charge is -2.12. The molecule has 6 aromatic carbocycles. The molecule has 0 radical (unpaired) electrons. The normalized spacial score (nSPS) is 11.3. The van der Waals surface area contributed by atoms with Gasteiger partial charge in [-0.25, -0.2) is 9.37 Å². The average Bonchev–Trinajstić information content (AvgIpc) is 3.41. The Morgan fingerprint density at radius 2 is 1.05 bits per heavy atom. The Morgan fingerprint density at radius 3 is 1.79 bits per heavy atom. The Kier molecular flexibility index (Phi) is 5.57. The Labute approximate surface area is 224 Å². The van der Waals surface area contributed by atoms with E-state index < -0.39 is 0 Å². The van der Waals surface area contributed by atoms with Crippen LogP contribution in [-0.4, -0.2) is 4.98 Å². The average molecular weight is 508 g/mol. The van der Waals surface area contributed by atoms with E-state index in [1.54, 1.807) is 11.3 Å². The molecule has 38 heavy (non-hydrogen) atoms. The van der Waals surface area contributed by atoms with Gasteiger partial charge in [0.1, 0.15) is 10.8 Å². The van der Waals surface area contributed by atoms with Gasteiger partial charge in [-0.1, -0.05) is 103 Å². The molecule has 0 bridgehead atoms. The van der Waals surface area contributed by atoms with Crippen molar-refractivity contribution >= 4 is 32.3 Å². The first-order chi connectivity index (χ1) is 18.7. The van der Waals surface area contributed by atoms with E-state index in [2.05, 4.69) is 103 Å². The minimum Gasteiger partial charge on any atom is -0.236 e. The van der Waals surface area contributed by atoms with Crippen LogP contribution in [0.4, 0.5) is 4.39 Å². The third-order valence-electron chi connectivity index (χ3n) is 7.02. The second-order valence-electron chi connectivity index (χ2n) is 9.36. The SMILES string of the molecule is Fc1ccc(-c2ccc(-c3cccc(-c4ccc(-c5nc6ccccc6s5)c5ccccc45)c3)cc2)cc1. The Balaban J connectivity index is 1.28. The lowest BCUT2D eigenvalue weighted by molar-refractivity contribution is 0.628. The van der Waals surface area contributed by atoms with Crippen molar-refractivity contribution in [3.05, 3.63) is 139 Å². The van der Waals surface area contributed by atoms with Crippen LogP contribution in [0.15, 0.2) is 133 Å². The van der Waals surface area contributed by atoms with Gasteiger partial charge in [0.15, 0.2) is 0 Å². The highest BCUT2D eigenvalue weighted by atomic mass is 32.1. The molecular formula is C35H22FNS. The first-order valence-corrected chi connectivity index (χ1v) is 13.4. The molecule has 0 unspecified atom stereocenters. The summed E-state index contributed by atoms with van der Waals surface area (Å²) in [4.78, 5) is 4.92. The third kappa shape index (κ3) is 4.07. The summed E-state index contributed by atoms with van der Waals surface area (Å²) < 4.78 is 14.5. The first kappa shape index (κ1) is 22.6. The highest BCUT2D eigenvalue weighted by Gasteiger charge is 2.13. The number of hydrogen-bond acceptors (Lipinski definition) is 2. The van der Waals surface area contributed by atoms with Gasteiger partial charge in [0.2, 0.25) is 0 Å². The maximum atomic E-state index is 13.3. The number of hydrogen-bond donors (Lipinski definition) is 0. The second kappa shape index (κ2) is 9.37. The molecule has 1 aromatic heterocycles. The molecule has 0 saturated carbocycles. The molecule has 0 aliphatic carbocycles. The van der Waals surface area contributed by atoms with E-state index in [0.29, 0.717) is 0 Å². The lowest BCUT2D eigenvalue weighted by Crippen LogP contribution is -1.87. The standard InChI is InChI=1S/C35H22FNS/c36-28-18-16-24(17-19-28)23-12-14-25(15-13-23)26-6-5-7-27(22-26)29-20-21-32(31-9-2-1-8-30(29)31)35-37-33-10-3-4-11-34(33)38-35/h1-22H. The van der Waals surface area contributed by atoms with Crippen molar-refractivity contribution in [1.29, 1.82) is 0 Å². The number of rotatable bonds is 4. The summed E-state index contributed by atoms with van der Waals surface area (Å²) in [7, 11) is 0. The number of para-hydroxylation sites is 1. The molecular weight excluding hydrogens is 485 g/mol. The summed E-state index contributed by atoms with van der Waals surface area (Å²) in [6.07, 6.45) is 0. The van der Waals surface area contributed by atoms with Gasteiger partial charge in [0, 0.05) is 5.56 Å². The van der Waals surface area contributed by atoms with Crippen molar-refractivity contribution < 1.29 is 4.39 Å². The summed E-state index contributed by atoms with van der Waals surface area (Å²) in [5, 5.41) is 3.47. The molecule has 0 aliphatic rings. The van der Waals surface area contributed by atoms with Crippen LogP contribution in [-0.2, 0) is 0 Å². The fraction of sp³-hybridized carbons (Fsp3) is 0. The fourth-order valence-corrected chi connectivity index (χ4v) is 6.09. The molecule has 0 atom stereocenters. The van der Waals surface area contributed by atoms with Crippen LogP contribution in [0.25, 0.3) is 64.9 Å². The monoisotopic (exact) mass is 507 g/mol. The van der Waals surface area contributed by atoms with E-state index in [0.717, 1.165) is 38.3 Å². The van der Waals surface area contributed by atoms with Crippen LogP contribution in [0.1, 0.15) is 0 Å². The number of aromatic nitrogens is 1. The van der Waals surface area contributed by atoms with E-state index >= 15 is 0 Å². The van der Waals surface area contributed by atoms with Crippen molar-refractivity contribution in [3.8, 4) is 44.0 Å². The van der Waals surface area contributed by atoms with Crippen molar-refractivity contribution in [3.63, 3.8) is 0 Å². The van der Waals surface area contributed by atoms with Crippen LogP contribution < -0.4 is 0 Å². The molecule has 0 amide bonds. The summed E-state index contributed by atoms with van der Waals surface area (Å²) in [6.45, 7) is 0. The Bertz CT molecular complexity index is 1880. The van der Waals surface area contributed by atoms with Crippen molar-refractivity contribution in [2.24, 2.45) is 0 Å². The molecule has 1 nitrogen and oxygen atoms in total. The molecule has 0 fully saturated rings. The van der Waals surface area contributed by atoms with Gasteiger partial charge in [-0.2, -0.15) is 0 Å². The predicted octanol–water partition coefficient (Wildman–Crippen LogP) is 10.3. The highest BCUT2D eigenvalue weighted by molar-refractivity contribution is 7.21. The molecule has 0 N–H and O–H groups in total. The molecule has 0 saturated heterocycles. The first-order valence-electron chi connectivity index (χ1n) is 12.6. The van der Waals surface area contributed by atoms with Crippen molar-refractivity contribution in [2.45, 2.75) is 0 Å². The number of fused-ring (bicyclic) bond motifs is 2. The maximum Gasteiger partial charge on any atom is 0.125 e. The molecule has 0 spiro atoms. The van der Waals surface area contributed by atoms with Crippen LogP contribution in [0.2, 0.25) is 0 Å². The van der Waals surface area contributed by atoms with Crippen molar-refractivity contribution in [2.75, 3.05) is 0 Å². The van der Waals surface area contributed by atoms with Crippen LogP contribution >= 0.6 is 11.3 Å². The Morgan fingerprint density at radius 1 is 0.474 bits per heavy atom.